The van der Waals surface area contributed by atoms with Gasteiger partial charge in [-0.25, -0.2) is 4.98 Å². The van der Waals surface area contributed by atoms with E-state index in [1.54, 1.807) is 17.4 Å². The second-order valence-corrected chi connectivity index (χ2v) is 7.00. The van der Waals surface area contributed by atoms with Gasteiger partial charge in [0.2, 0.25) is 0 Å². The van der Waals surface area contributed by atoms with Crippen LogP contribution in [0.5, 0.6) is 11.5 Å². The standard InChI is InChI=1S/C19H21N3O2S/c1-2-24-16-8-5-9-17-18(16)20-19(25-17)22-12-10-21(11-13-22)14-6-3-4-7-15(14)23/h3-9,23H,2,10-13H2,1H3. The lowest BCUT2D eigenvalue weighted by Gasteiger charge is -2.36. The van der Waals surface area contributed by atoms with Crippen molar-refractivity contribution in [1.29, 1.82) is 0 Å². The summed E-state index contributed by atoms with van der Waals surface area (Å²) in [6, 6.07) is 13.6. The first-order valence-electron chi connectivity index (χ1n) is 8.56. The highest BCUT2D eigenvalue weighted by Crippen LogP contribution is 2.35. The topological polar surface area (TPSA) is 48.8 Å². The molecule has 0 saturated carbocycles. The largest absolute Gasteiger partial charge is 0.506 e. The Morgan fingerprint density at radius 2 is 1.80 bits per heavy atom. The Labute approximate surface area is 151 Å². The molecule has 1 aliphatic heterocycles. The maximum Gasteiger partial charge on any atom is 0.186 e. The molecule has 2 aromatic carbocycles. The van der Waals surface area contributed by atoms with Gasteiger partial charge in [0.05, 0.1) is 17.0 Å². The fraction of sp³-hybridized carbons (Fsp3) is 0.316. The Bertz CT molecular complexity index is 872. The van der Waals surface area contributed by atoms with Crippen molar-refractivity contribution < 1.29 is 9.84 Å². The van der Waals surface area contributed by atoms with E-state index in [1.165, 1.54) is 0 Å². The van der Waals surface area contributed by atoms with Crippen LogP contribution in [0.25, 0.3) is 10.2 Å². The second-order valence-electron chi connectivity index (χ2n) is 6.00. The highest BCUT2D eigenvalue weighted by Gasteiger charge is 2.22. The summed E-state index contributed by atoms with van der Waals surface area (Å²) in [4.78, 5) is 9.37. The third-order valence-electron chi connectivity index (χ3n) is 4.44. The summed E-state index contributed by atoms with van der Waals surface area (Å²) >= 11 is 1.71. The Kier molecular flexibility index (Phi) is 4.36. The molecule has 0 bridgehead atoms. The van der Waals surface area contributed by atoms with Crippen LogP contribution in [-0.4, -0.2) is 42.9 Å². The fourth-order valence-corrected chi connectivity index (χ4v) is 4.22. The summed E-state index contributed by atoms with van der Waals surface area (Å²) in [7, 11) is 0. The van der Waals surface area contributed by atoms with Crippen LogP contribution >= 0.6 is 11.3 Å². The van der Waals surface area contributed by atoms with Gasteiger partial charge < -0.3 is 19.6 Å². The summed E-state index contributed by atoms with van der Waals surface area (Å²) in [5, 5.41) is 11.1. The van der Waals surface area contributed by atoms with Gasteiger partial charge >= 0.3 is 0 Å². The highest BCUT2D eigenvalue weighted by molar-refractivity contribution is 7.22. The molecule has 1 aliphatic rings. The summed E-state index contributed by atoms with van der Waals surface area (Å²) in [5.74, 6) is 1.20. The molecule has 130 valence electrons. The zero-order chi connectivity index (χ0) is 17.2. The van der Waals surface area contributed by atoms with Crippen LogP contribution in [0.15, 0.2) is 42.5 Å². The number of anilines is 2. The van der Waals surface area contributed by atoms with E-state index < -0.39 is 0 Å². The Morgan fingerprint density at radius 3 is 2.56 bits per heavy atom. The maximum atomic E-state index is 10.0. The van der Waals surface area contributed by atoms with E-state index in [1.807, 2.05) is 37.3 Å². The van der Waals surface area contributed by atoms with Gasteiger partial charge in [0.15, 0.2) is 5.13 Å². The molecule has 2 heterocycles. The summed E-state index contributed by atoms with van der Waals surface area (Å²) < 4.78 is 6.85. The number of ether oxygens (including phenoxy) is 1. The molecular weight excluding hydrogens is 334 g/mol. The zero-order valence-electron chi connectivity index (χ0n) is 14.2. The van der Waals surface area contributed by atoms with Gasteiger partial charge in [-0.3, -0.25) is 0 Å². The predicted molar refractivity (Wildman–Crippen MR) is 103 cm³/mol. The smallest absolute Gasteiger partial charge is 0.186 e. The van der Waals surface area contributed by atoms with Crippen LogP contribution in [0.2, 0.25) is 0 Å². The number of piperazine rings is 1. The van der Waals surface area contributed by atoms with Gasteiger partial charge in [0.25, 0.3) is 0 Å². The molecule has 4 rings (SSSR count). The minimum atomic E-state index is 0.345. The quantitative estimate of drug-likeness (QED) is 0.773. The number of para-hydroxylation sites is 3. The van der Waals surface area contributed by atoms with Gasteiger partial charge in [0.1, 0.15) is 17.0 Å². The number of thiazole rings is 1. The molecule has 1 saturated heterocycles. The molecule has 6 heteroatoms. The fourth-order valence-electron chi connectivity index (χ4n) is 3.19. The summed E-state index contributed by atoms with van der Waals surface area (Å²) in [5.41, 5.74) is 1.86. The van der Waals surface area contributed by atoms with Crippen molar-refractivity contribution in [2.45, 2.75) is 6.92 Å². The van der Waals surface area contributed by atoms with Gasteiger partial charge in [-0.15, -0.1) is 0 Å². The van der Waals surface area contributed by atoms with Crippen molar-refractivity contribution >= 4 is 32.4 Å². The molecule has 3 aromatic rings. The van der Waals surface area contributed by atoms with Crippen molar-refractivity contribution in [2.75, 3.05) is 42.6 Å². The number of hydrogen-bond donors (Lipinski definition) is 1. The van der Waals surface area contributed by atoms with Crippen LogP contribution in [0, 0.1) is 0 Å². The van der Waals surface area contributed by atoms with Crippen LogP contribution < -0.4 is 14.5 Å². The average molecular weight is 355 g/mol. The van der Waals surface area contributed by atoms with E-state index in [0.29, 0.717) is 12.4 Å². The minimum Gasteiger partial charge on any atom is -0.506 e. The van der Waals surface area contributed by atoms with E-state index in [-0.39, 0.29) is 0 Å². The van der Waals surface area contributed by atoms with E-state index in [0.717, 1.165) is 53.0 Å². The summed E-state index contributed by atoms with van der Waals surface area (Å²) in [6.45, 7) is 6.14. The Hall–Kier alpha value is -2.47. The highest BCUT2D eigenvalue weighted by atomic mass is 32.1. The molecule has 0 atom stereocenters. The van der Waals surface area contributed by atoms with E-state index in [9.17, 15) is 5.11 Å². The lowest BCUT2D eigenvalue weighted by molar-refractivity contribution is 0.344. The Balaban J connectivity index is 1.52. The third-order valence-corrected chi connectivity index (χ3v) is 5.52. The van der Waals surface area contributed by atoms with E-state index >= 15 is 0 Å². The first-order valence-corrected chi connectivity index (χ1v) is 9.38. The average Bonchev–Trinajstić information content (AvgIpc) is 3.08. The van der Waals surface area contributed by atoms with E-state index in [2.05, 4.69) is 15.9 Å². The lowest BCUT2D eigenvalue weighted by atomic mass is 10.2. The molecule has 5 nitrogen and oxygen atoms in total. The molecule has 25 heavy (non-hydrogen) atoms. The first-order chi connectivity index (χ1) is 12.3. The van der Waals surface area contributed by atoms with Gasteiger partial charge in [-0.1, -0.05) is 29.5 Å². The molecule has 0 spiro atoms. The second kappa shape index (κ2) is 6.80. The lowest BCUT2D eigenvalue weighted by Crippen LogP contribution is -2.46. The molecule has 0 aliphatic carbocycles. The zero-order valence-corrected chi connectivity index (χ0v) is 15.0. The van der Waals surface area contributed by atoms with Crippen molar-refractivity contribution in [1.82, 2.24) is 4.98 Å². The number of phenols is 1. The number of aromatic nitrogens is 1. The number of fused-ring (bicyclic) bond motifs is 1. The van der Waals surface area contributed by atoms with Gasteiger partial charge in [-0.2, -0.15) is 0 Å². The van der Waals surface area contributed by atoms with Crippen LogP contribution in [-0.2, 0) is 0 Å². The molecular formula is C19H21N3O2S. The van der Waals surface area contributed by atoms with Crippen molar-refractivity contribution in [2.24, 2.45) is 0 Å². The first kappa shape index (κ1) is 16.0. The van der Waals surface area contributed by atoms with Crippen molar-refractivity contribution in [3.63, 3.8) is 0 Å². The normalized spacial score (nSPS) is 14.9. The van der Waals surface area contributed by atoms with Crippen molar-refractivity contribution in [3.05, 3.63) is 42.5 Å². The number of benzene rings is 2. The van der Waals surface area contributed by atoms with Crippen LogP contribution in [0.3, 0.4) is 0 Å². The van der Waals surface area contributed by atoms with Crippen LogP contribution in [0.4, 0.5) is 10.8 Å². The summed E-state index contributed by atoms with van der Waals surface area (Å²) in [6.07, 6.45) is 0. The van der Waals surface area contributed by atoms with E-state index in [4.69, 9.17) is 9.72 Å². The molecule has 1 N–H and O–H groups in total. The number of rotatable bonds is 4. The molecule has 1 fully saturated rings. The van der Waals surface area contributed by atoms with Crippen molar-refractivity contribution in [3.8, 4) is 11.5 Å². The monoisotopic (exact) mass is 355 g/mol. The maximum absolute atomic E-state index is 10.0. The molecule has 1 aromatic heterocycles. The molecule has 0 unspecified atom stereocenters. The van der Waals surface area contributed by atoms with Gasteiger partial charge in [0, 0.05) is 26.2 Å². The van der Waals surface area contributed by atoms with Gasteiger partial charge in [-0.05, 0) is 31.2 Å². The third kappa shape index (κ3) is 3.09. The SMILES string of the molecule is CCOc1cccc2sc(N3CCN(c4ccccc4O)CC3)nc12. The predicted octanol–water partition coefficient (Wildman–Crippen LogP) is 3.73. The Morgan fingerprint density at radius 1 is 1.04 bits per heavy atom. The minimum absolute atomic E-state index is 0.345. The molecule has 0 radical (unpaired) electrons. The number of aromatic hydroxyl groups is 1. The molecule has 0 amide bonds. The number of nitrogens with zero attached hydrogens (tertiary/aromatic N) is 3. The van der Waals surface area contributed by atoms with Crippen LogP contribution in [0.1, 0.15) is 6.92 Å². The number of hydrogen-bond acceptors (Lipinski definition) is 6. The number of phenolic OH excluding ortho intramolecular Hbond substituents is 1.